The van der Waals surface area contributed by atoms with Crippen LogP contribution < -0.4 is 0 Å². The molecule has 1 aromatic heterocycles. The molecule has 0 bridgehead atoms. The summed E-state index contributed by atoms with van der Waals surface area (Å²) in [6.45, 7) is 4.16. The van der Waals surface area contributed by atoms with Crippen molar-refractivity contribution in [1.29, 1.82) is 0 Å². The van der Waals surface area contributed by atoms with Gasteiger partial charge in [0.15, 0.2) is 5.60 Å². The van der Waals surface area contributed by atoms with Gasteiger partial charge in [-0.05, 0) is 79.7 Å². The van der Waals surface area contributed by atoms with E-state index >= 15 is 0 Å². The fraction of sp³-hybridized carbons (Fsp3) is 0.481. The van der Waals surface area contributed by atoms with E-state index in [1.54, 1.807) is 12.3 Å². The van der Waals surface area contributed by atoms with Gasteiger partial charge in [0.25, 0.3) is 0 Å². The number of aromatic nitrogens is 1. The minimum absolute atomic E-state index is 0.0670. The van der Waals surface area contributed by atoms with Crippen molar-refractivity contribution in [2.24, 2.45) is 29.6 Å². The Labute approximate surface area is 188 Å². The Hall–Kier alpha value is -2.53. The van der Waals surface area contributed by atoms with Crippen molar-refractivity contribution in [3.63, 3.8) is 0 Å². The Balaban J connectivity index is 1.42. The molecule has 32 heavy (non-hydrogen) atoms. The van der Waals surface area contributed by atoms with Gasteiger partial charge in [-0.15, -0.1) is 0 Å². The Morgan fingerprint density at radius 2 is 2.03 bits per heavy atom. The van der Waals surface area contributed by atoms with Gasteiger partial charge in [-0.1, -0.05) is 37.6 Å². The molecule has 2 aromatic rings. The molecule has 2 saturated carbocycles. The number of halogens is 1. The maximum absolute atomic E-state index is 13.5. The Bertz CT molecular complexity index is 1040. The van der Waals surface area contributed by atoms with E-state index in [4.69, 9.17) is 4.74 Å². The quantitative estimate of drug-likeness (QED) is 0.668. The van der Waals surface area contributed by atoms with Gasteiger partial charge in [0.1, 0.15) is 11.9 Å². The summed E-state index contributed by atoms with van der Waals surface area (Å²) >= 11 is 0. The average molecular weight is 436 g/mol. The van der Waals surface area contributed by atoms with Gasteiger partial charge in [-0.25, -0.2) is 9.18 Å². The lowest BCUT2D eigenvalue weighted by atomic mass is 9.54. The summed E-state index contributed by atoms with van der Waals surface area (Å²) < 4.78 is 19.1. The lowest BCUT2D eigenvalue weighted by molar-refractivity contribution is -0.162. The zero-order chi connectivity index (χ0) is 22.5. The maximum atomic E-state index is 13.5. The first-order chi connectivity index (χ1) is 15.3. The molecule has 5 rings (SSSR count). The van der Waals surface area contributed by atoms with Crippen LogP contribution in [0.25, 0.3) is 17.2 Å². The minimum Gasteiger partial charge on any atom is -0.460 e. The lowest BCUT2D eigenvalue weighted by Gasteiger charge is -2.50. The molecular weight excluding hydrogens is 405 g/mol. The maximum Gasteiger partial charge on any atom is 0.338 e. The molecule has 7 atom stereocenters. The van der Waals surface area contributed by atoms with Crippen molar-refractivity contribution < 1.29 is 19.0 Å². The van der Waals surface area contributed by atoms with E-state index in [2.05, 4.69) is 18.0 Å². The first kappa shape index (κ1) is 21.3. The average Bonchev–Trinajstić information content (AvgIpc) is 2.99. The first-order valence-electron chi connectivity index (χ1n) is 11.7. The molecule has 3 aliphatic rings. The molecular formula is C27H30FNO3. The second-order valence-corrected chi connectivity index (χ2v) is 10.0. The normalized spacial score (nSPS) is 36.6. The Morgan fingerprint density at radius 3 is 2.78 bits per heavy atom. The number of carbonyl (C=O) groups excluding carboxylic acids is 1. The summed E-state index contributed by atoms with van der Waals surface area (Å²) in [6, 6.07) is 10.3. The predicted molar refractivity (Wildman–Crippen MR) is 121 cm³/mol. The van der Waals surface area contributed by atoms with E-state index in [0.29, 0.717) is 24.2 Å². The zero-order valence-corrected chi connectivity index (χ0v) is 18.6. The topological polar surface area (TPSA) is 59.4 Å². The molecule has 1 aliphatic heterocycles. The summed E-state index contributed by atoms with van der Waals surface area (Å²) in [5.74, 6) is 0.502. The number of benzene rings is 1. The highest BCUT2D eigenvalue weighted by molar-refractivity contribution is 5.82. The molecule has 3 fully saturated rings. The van der Waals surface area contributed by atoms with Gasteiger partial charge in [-0.2, -0.15) is 0 Å². The third kappa shape index (κ3) is 3.66. The van der Waals surface area contributed by atoms with E-state index in [1.165, 1.54) is 18.6 Å². The number of ether oxygens (including phenoxy) is 1. The van der Waals surface area contributed by atoms with Gasteiger partial charge < -0.3 is 9.84 Å². The molecule has 5 heteroatoms. The SMILES string of the molecule is C[C@@H]1CC[C@@H]2[C@@H](C1)C[C@@]1(O)C(=O)O[C@H](C)[C@H]1[C@H]2/C=C/c1ccc(-c2cccc(F)c2)cn1. The molecule has 1 saturated heterocycles. The highest BCUT2D eigenvalue weighted by Gasteiger charge is 2.63. The smallest absolute Gasteiger partial charge is 0.338 e. The number of rotatable bonds is 3. The number of carbonyl (C=O) groups is 1. The van der Waals surface area contributed by atoms with Crippen LogP contribution in [0.5, 0.6) is 0 Å². The minimum atomic E-state index is -1.39. The standard InChI is InChI=1S/C27H30FNO3/c1-16-6-10-23-20(12-16)14-27(31)25(17(2)32-26(27)30)24(23)11-9-22-8-7-19(15-29-22)18-4-3-5-21(28)13-18/h3-5,7-9,11,13,15-17,20,23-25,31H,6,10,12,14H2,1-2H3/b11-9+/t16-,17-,20+,23-,24+,25+,27+/m1/s1. The summed E-state index contributed by atoms with van der Waals surface area (Å²) in [6.07, 6.45) is 9.45. The van der Waals surface area contributed by atoms with E-state index < -0.39 is 11.6 Å². The van der Waals surface area contributed by atoms with Crippen molar-refractivity contribution in [2.45, 2.75) is 51.2 Å². The van der Waals surface area contributed by atoms with Crippen LogP contribution in [0.4, 0.5) is 4.39 Å². The number of hydrogen-bond donors (Lipinski definition) is 1. The zero-order valence-electron chi connectivity index (χ0n) is 18.6. The van der Waals surface area contributed by atoms with Gasteiger partial charge in [0, 0.05) is 17.7 Å². The molecule has 0 spiro atoms. The van der Waals surface area contributed by atoms with Crippen molar-refractivity contribution in [3.8, 4) is 11.1 Å². The summed E-state index contributed by atoms with van der Waals surface area (Å²) in [4.78, 5) is 17.1. The van der Waals surface area contributed by atoms with Crippen LogP contribution in [0.1, 0.15) is 45.2 Å². The lowest BCUT2D eigenvalue weighted by Crippen LogP contribution is -2.55. The first-order valence-corrected chi connectivity index (χ1v) is 11.7. The number of cyclic esters (lactones) is 1. The number of esters is 1. The Kier molecular flexibility index (Phi) is 5.40. The number of fused-ring (bicyclic) bond motifs is 2. The van der Waals surface area contributed by atoms with Crippen LogP contribution >= 0.6 is 0 Å². The van der Waals surface area contributed by atoms with Crippen LogP contribution in [0, 0.1) is 35.4 Å². The third-order valence-electron chi connectivity index (χ3n) is 7.92. The van der Waals surface area contributed by atoms with Crippen molar-refractivity contribution >= 4 is 12.0 Å². The predicted octanol–water partition coefficient (Wildman–Crippen LogP) is 5.27. The molecule has 168 valence electrons. The van der Waals surface area contributed by atoms with Crippen molar-refractivity contribution in [3.05, 3.63) is 60.2 Å². The molecule has 1 N–H and O–H groups in total. The van der Waals surface area contributed by atoms with E-state index in [-0.39, 0.29) is 23.8 Å². The monoisotopic (exact) mass is 435 g/mol. The van der Waals surface area contributed by atoms with Crippen LogP contribution in [-0.4, -0.2) is 27.8 Å². The number of aliphatic hydroxyl groups is 1. The second kappa shape index (κ2) is 8.11. The fourth-order valence-corrected chi connectivity index (χ4v) is 6.46. The molecule has 0 unspecified atom stereocenters. The molecule has 1 aromatic carbocycles. The number of allylic oxidation sites excluding steroid dienone is 1. The van der Waals surface area contributed by atoms with Gasteiger partial charge in [-0.3, -0.25) is 4.98 Å². The van der Waals surface area contributed by atoms with E-state index in [9.17, 15) is 14.3 Å². The highest BCUT2D eigenvalue weighted by atomic mass is 19.1. The number of pyridine rings is 1. The highest BCUT2D eigenvalue weighted by Crippen LogP contribution is 2.56. The van der Waals surface area contributed by atoms with E-state index in [0.717, 1.165) is 29.7 Å². The van der Waals surface area contributed by atoms with Gasteiger partial charge in [0.05, 0.1) is 5.69 Å². The van der Waals surface area contributed by atoms with Crippen molar-refractivity contribution in [2.75, 3.05) is 0 Å². The molecule has 4 nitrogen and oxygen atoms in total. The molecule has 0 radical (unpaired) electrons. The van der Waals surface area contributed by atoms with Crippen molar-refractivity contribution in [1.82, 2.24) is 4.98 Å². The van der Waals surface area contributed by atoms with Crippen LogP contribution in [0.2, 0.25) is 0 Å². The fourth-order valence-electron chi connectivity index (χ4n) is 6.46. The summed E-state index contributed by atoms with van der Waals surface area (Å²) in [5.41, 5.74) is 1.07. The molecule has 2 aliphatic carbocycles. The third-order valence-corrected chi connectivity index (χ3v) is 7.92. The van der Waals surface area contributed by atoms with Crippen LogP contribution in [-0.2, 0) is 9.53 Å². The second-order valence-electron chi connectivity index (χ2n) is 10.0. The van der Waals surface area contributed by atoms with Crippen LogP contribution in [0.15, 0.2) is 48.7 Å². The summed E-state index contributed by atoms with van der Waals surface area (Å²) in [7, 11) is 0. The summed E-state index contributed by atoms with van der Waals surface area (Å²) in [5, 5.41) is 11.4. The molecule has 2 heterocycles. The largest absolute Gasteiger partial charge is 0.460 e. The van der Waals surface area contributed by atoms with Gasteiger partial charge in [0.2, 0.25) is 0 Å². The number of hydrogen-bond acceptors (Lipinski definition) is 4. The molecule has 0 amide bonds. The number of nitrogens with zero attached hydrogens (tertiary/aromatic N) is 1. The van der Waals surface area contributed by atoms with Gasteiger partial charge >= 0.3 is 5.97 Å². The van der Waals surface area contributed by atoms with E-state index in [1.807, 2.05) is 31.2 Å². The van der Waals surface area contributed by atoms with Crippen LogP contribution in [0.3, 0.4) is 0 Å². The Morgan fingerprint density at radius 1 is 1.19 bits per heavy atom.